The summed E-state index contributed by atoms with van der Waals surface area (Å²) in [7, 11) is 0. The van der Waals surface area contributed by atoms with E-state index in [0.29, 0.717) is 5.95 Å². The highest BCUT2D eigenvalue weighted by Crippen LogP contribution is 2.20. The molecule has 2 heterocycles. The van der Waals surface area contributed by atoms with Gasteiger partial charge in [-0.1, -0.05) is 25.1 Å². The van der Waals surface area contributed by atoms with Gasteiger partial charge in [0.1, 0.15) is 5.82 Å². The smallest absolute Gasteiger partial charge is 0.229 e. The summed E-state index contributed by atoms with van der Waals surface area (Å²) in [6, 6.07) is 10.2. The molecule has 0 bridgehead atoms. The molecule has 1 aliphatic heterocycles. The van der Waals surface area contributed by atoms with Crippen molar-refractivity contribution in [1.82, 2.24) is 9.97 Å². The molecule has 0 aliphatic carbocycles. The van der Waals surface area contributed by atoms with E-state index in [0.717, 1.165) is 44.2 Å². The van der Waals surface area contributed by atoms with Gasteiger partial charge in [-0.25, -0.2) is 4.98 Å². The predicted molar refractivity (Wildman–Crippen MR) is 84.2 cm³/mol. The summed E-state index contributed by atoms with van der Waals surface area (Å²) in [6.07, 6.45) is 2.78. The standard InChI is InChI=1S/C16H20N4O/c1-2-13-5-3-4-6-14(13)18-16-17-8-7-15(19-16)20-9-11-21-12-10-20/h3-8H,2,9-12H2,1H3,(H,17,18,19). The summed E-state index contributed by atoms with van der Waals surface area (Å²) in [4.78, 5) is 11.2. The average Bonchev–Trinajstić information content (AvgIpc) is 2.56. The monoisotopic (exact) mass is 284 g/mol. The Morgan fingerprint density at radius 1 is 1.19 bits per heavy atom. The maximum absolute atomic E-state index is 5.38. The van der Waals surface area contributed by atoms with Gasteiger partial charge in [0.15, 0.2) is 0 Å². The second-order valence-corrected chi connectivity index (χ2v) is 4.97. The van der Waals surface area contributed by atoms with E-state index in [4.69, 9.17) is 4.74 Å². The lowest BCUT2D eigenvalue weighted by Gasteiger charge is -2.27. The van der Waals surface area contributed by atoms with Crippen LogP contribution < -0.4 is 10.2 Å². The fourth-order valence-electron chi connectivity index (χ4n) is 2.45. The first kappa shape index (κ1) is 13.8. The van der Waals surface area contributed by atoms with Crippen LogP contribution in [-0.4, -0.2) is 36.3 Å². The largest absolute Gasteiger partial charge is 0.378 e. The maximum atomic E-state index is 5.38. The molecule has 2 aromatic rings. The summed E-state index contributed by atoms with van der Waals surface area (Å²) >= 11 is 0. The highest BCUT2D eigenvalue weighted by Gasteiger charge is 2.13. The van der Waals surface area contributed by atoms with Gasteiger partial charge in [-0.15, -0.1) is 0 Å². The molecule has 0 atom stereocenters. The Labute approximate surface area is 125 Å². The number of hydrogen-bond acceptors (Lipinski definition) is 5. The molecule has 0 radical (unpaired) electrons. The molecule has 1 aromatic carbocycles. The van der Waals surface area contributed by atoms with Crippen LogP contribution in [0, 0.1) is 0 Å². The van der Waals surface area contributed by atoms with E-state index in [1.54, 1.807) is 6.20 Å². The molecule has 0 saturated carbocycles. The molecule has 1 N–H and O–H groups in total. The second-order valence-electron chi connectivity index (χ2n) is 4.97. The first-order chi connectivity index (χ1) is 10.4. The summed E-state index contributed by atoms with van der Waals surface area (Å²) < 4.78 is 5.38. The number of anilines is 3. The van der Waals surface area contributed by atoms with Crippen LogP contribution in [0.2, 0.25) is 0 Å². The molecular formula is C16H20N4O. The van der Waals surface area contributed by atoms with Crippen molar-refractivity contribution in [3.05, 3.63) is 42.1 Å². The third kappa shape index (κ3) is 3.31. The number of aryl methyl sites for hydroxylation is 1. The van der Waals surface area contributed by atoms with Crippen molar-refractivity contribution >= 4 is 17.5 Å². The Hall–Kier alpha value is -2.14. The van der Waals surface area contributed by atoms with E-state index in [1.165, 1.54) is 5.56 Å². The highest BCUT2D eigenvalue weighted by atomic mass is 16.5. The fraction of sp³-hybridized carbons (Fsp3) is 0.375. The minimum absolute atomic E-state index is 0.639. The number of aromatic nitrogens is 2. The van der Waals surface area contributed by atoms with Crippen LogP contribution in [0.5, 0.6) is 0 Å². The van der Waals surface area contributed by atoms with Crippen molar-refractivity contribution in [1.29, 1.82) is 0 Å². The minimum atomic E-state index is 0.639. The minimum Gasteiger partial charge on any atom is -0.378 e. The molecule has 1 fully saturated rings. The van der Waals surface area contributed by atoms with Crippen LogP contribution in [0.4, 0.5) is 17.5 Å². The predicted octanol–water partition coefficient (Wildman–Crippen LogP) is 2.62. The van der Waals surface area contributed by atoms with Gasteiger partial charge in [0.05, 0.1) is 13.2 Å². The second kappa shape index (κ2) is 6.54. The highest BCUT2D eigenvalue weighted by molar-refractivity contribution is 5.59. The van der Waals surface area contributed by atoms with Gasteiger partial charge in [-0.05, 0) is 24.1 Å². The van der Waals surface area contributed by atoms with Crippen LogP contribution in [0.3, 0.4) is 0 Å². The summed E-state index contributed by atoms with van der Waals surface area (Å²) in [5.74, 6) is 1.59. The number of nitrogens with one attached hydrogen (secondary N) is 1. The van der Waals surface area contributed by atoms with Gasteiger partial charge >= 0.3 is 0 Å². The number of para-hydroxylation sites is 1. The number of ether oxygens (including phenoxy) is 1. The Morgan fingerprint density at radius 3 is 2.81 bits per heavy atom. The van der Waals surface area contributed by atoms with Gasteiger partial charge in [0.25, 0.3) is 0 Å². The zero-order valence-corrected chi connectivity index (χ0v) is 12.2. The molecule has 0 spiro atoms. The van der Waals surface area contributed by atoms with Crippen LogP contribution in [0.1, 0.15) is 12.5 Å². The van der Waals surface area contributed by atoms with E-state index in [9.17, 15) is 0 Å². The lowest BCUT2D eigenvalue weighted by Crippen LogP contribution is -2.36. The summed E-state index contributed by atoms with van der Waals surface area (Å²) in [6.45, 7) is 5.41. The number of nitrogens with zero attached hydrogens (tertiary/aromatic N) is 3. The van der Waals surface area contributed by atoms with Crippen LogP contribution in [0.25, 0.3) is 0 Å². The lowest BCUT2D eigenvalue weighted by atomic mass is 10.1. The SMILES string of the molecule is CCc1ccccc1Nc1nccc(N2CCOCC2)n1. The first-order valence-electron chi connectivity index (χ1n) is 7.37. The van der Waals surface area contributed by atoms with Crippen molar-refractivity contribution in [2.75, 3.05) is 36.5 Å². The van der Waals surface area contributed by atoms with Crippen molar-refractivity contribution in [2.45, 2.75) is 13.3 Å². The van der Waals surface area contributed by atoms with Crippen molar-refractivity contribution in [3.63, 3.8) is 0 Å². The molecule has 0 amide bonds. The van der Waals surface area contributed by atoms with Crippen molar-refractivity contribution < 1.29 is 4.74 Å². The zero-order valence-electron chi connectivity index (χ0n) is 12.2. The van der Waals surface area contributed by atoms with Gasteiger partial charge in [0, 0.05) is 25.0 Å². The van der Waals surface area contributed by atoms with E-state index in [2.05, 4.69) is 45.3 Å². The fourth-order valence-corrected chi connectivity index (χ4v) is 2.45. The van der Waals surface area contributed by atoms with E-state index >= 15 is 0 Å². The molecule has 1 aromatic heterocycles. The Kier molecular flexibility index (Phi) is 4.31. The topological polar surface area (TPSA) is 50.3 Å². The molecular weight excluding hydrogens is 264 g/mol. The maximum Gasteiger partial charge on any atom is 0.229 e. The third-order valence-corrected chi connectivity index (χ3v) is 3.62. The Bertz CT molecular complexity index is 596. The van der Waals surface area contributed by atoms with Crippen LogP contribution in [0.15, 0.2) is 36.5 Å². The molecule has 110 valence electrons. The molecule has 5 nitrogen and oxygen atoms in total. The van der Waals surface area contributed by atoms with Gasteiger partial charge < -0.3 is 15.0 Å². The molecule has 1 saturated heterocycles. The first-order valence-corrected chi connectivity index (χ1v) is 7.37. The van der Waals surface area contributed by atoms with Gasteiger partial charge in [0.2, 0.25) is 5.95 Å². The van der Waals surface area contributed by atoms with E-state index < -0.39 is 0 Å². The molecule has 3 rings (SSSR count). The quantitative estimate of drug-likeness (QED) is 0.935. The normalized spacial score (nSPS) is 15.0. The zero-order chi connectivity index (χ0) is 14.5. The number of benzene rings is 1. The summed E-state index contributed by atoms with van der Waals surface area (Å²) in [5, 5.41) is 3.32. The van der Waals surface area contributed by atoms with Crippen molar-refractivity contribution in [2.24, 2.45) is 0 Å². The van der Waals surface area contributed by atoms with E-state index in [-0.39, 0.29) is 0 Å². The average molecular weight is 284 g/mol. The molecule has 21 heavy (non-hydrogen) atoms. The van der Waals surface area contributed by atoms with Crippen LogP contribution >= 0.6 is 0 Å². The lowest BCUT2D eigenvalue weighted by molar-refractivity contribution is 0.122. The summed E-state index contributed by atoms with van der Waals surface area (Å²) in [5.41, 5.74) is 2.33. The van der Waals surface area contributed by atoms with Gasteiger partial charge in [-0.2, -0.15) is 4.98 Å². The number of morpholine rings is 1. The van der Waals surface area contributed by atoms with Gasteiger partial charge in [-0.3, -0.25) is 0 Å². The number of hydrogen-bond donors (Lipinski definition) is 1. The van der Waals surface area contributed by atoms with Crippen molar-refractivity contribution in [3.8, 4) is 0 Å². The number of rotatable bonds is 4. The third-order valence-electron chi connectivity index (χ3n) is 3.62. The molecule has 1 aliphatic rings. The van der Waals surface area contributed by atoms with Crippen LogP contribution in [-0.2, 0) is 11.2 Å². The Morgan fingerprint density at radius 2 is 2.00 bits per heavy atom. The van der Waals surface area contributed by atoms with E-state index in [1.807, 2.05) is 12.1 Å². The molecule has 0 unspecified atom stereocenters. The molecule has 5 heteroatoms. The Balaban J connectivity index is 1.79.